The van der Waals surface area contributed by atoms with Gasteiger partial charge in [-0.25, -0.2) is 14.8 Å². The number of alkyl halides is 3. The van der Waals surface area contributed by atoms with E-state index in [0.717, 1.165) is 6.07 Å². The summed E-state index contributed by atoms with van der Waals surface area (Å²) in [6.07, 6.45) is -3.12. The van der Waals surface area contributed by atoms with Gasteiger partial charge in [0.2, 0.25) is 5.95 Å². The lowest BCUT2D eigenvalue weighted by atomic mass is 9.74. The van der Waals surface area contributed by atoms with Crippen LogP contribution in [0.4, 0.5) is 23.9 Å². The highest BCUT2D eigenvalue weighted by atomic mass is 19.4. The van der Waals surface area contributed by atoms with Crippen molar-refractivity contribution in [3.8, 4) is 11.3 Å². The highest BCUT2D eigenvalue weighted by molar-refractivity contribution is 5.66. The van der Waals surface area contributed by atoms with Gasteiger partial charge in [0.1, 0.15) is 0 Å². The number of aliphatic hydroxyl groups is 1. The van der Waals surface area contributed by atoms with Crippen LogP contribution in [0.25, 0.3) is 11.3 Å². The van der Waals surface area contributed by atoms with E-state index in [2.05, 4.69) is 15.1 Å². The molecule has 174 valence electrons. The molecule has 2 aliphatic heterocycles. The molecule has 2 N–H and O–H groups in total. The monoisotopic (exact) mass is 454 g/mol. The van der Waals surface area contributed by atoms with Crippen molar-refractivity contribution < 1.29 is 28.2 Å². The highest BCUT2D eigenvalue weighted by Gasteiger charge is 2.42. The largest absolute Gasteiger partial charge is 0.465 e. The summed E-state index contributed by atoms with van der Waals surface area (Å²) in [6.45, 7) is 7.26. The van der Waals surface area contributed by atoms with Crippen LogP contribution in [0, 0.1) is 11.3 Å². The van der Waals surface area contributed by atoms with Crippen molar-refractivity contribution in [1.82, 2.24) is 24.6 Å². The van der Waals surface area contributed by atoms with E-state index in [0.29, 0.717) is 25.2 Å². The second kappa shape index (κ2) is 7.61. The molecule has 0 spiro atoms. The Hall–Kier alpha value is -2.89. The minimum atomic E-state index is -4.64. The maximum atomic E-state index is 13.4. The van der Waals surface area contributed by atoms with Gasteiger partial charge in [-0.15, -0.1) is 0 Å². The molecular weight excluding hydrogens is 429 g/mol. The van der Waals surface area contributed by atoms with Crippen molar-refractivity contribution >= 4 is 12.0 Å². The minimum Gasteiger partial charge on any atom is -0.465 e. The fraction of sp³-hybridized carbons (Fsp3) is 0.600. The molecule has 0 radical (unpaired) electrons. The number of amides is 1. The molecule has 9 nitrogen and oxygen atoms in total. The average molecular weight is 454 g/mol. The van der Waals surface area contributed by atoms with Crippen LogP contribution < -0.4 is 4.90 Å². The standard InChI is InChI=1S/C20H25F3N6O3/c1-11-15(30)9-29(11)17-25-14(4-16(26-17)20(21,22)23)12-5-24-28(6-12)10-19(2,3)13-7-27(8-13)18(31)32/h4-6,11,13,15,30H,7-10H2,1-3H3,(H,31,32)/t11-,15+/m0/s1. The molecule has 4 heterocycles. The summed E-state index contributed by atoms with van der Waals surface area (Å²) >= 11 is 0. The Balaban J connectivity index is 1.56. The van der Waals surface area contributed by atoms with Crippen LogP contribution in [-0.2, 0) is 12.7 Å². The molecule has 2 aliphatic rings. The molecule has 4 rings (SSSR count). The van der Waals surface area contributed by atoms with Gasteiger partial charge in [-0.2, -0.15) is 18.3 Å². The van der Waals surface area contributed by atoms with E-state index < -0.39 is 24.1 Å². The van der Waals surface area contributed by atoms with Crippen molar-refractivity contribution in [1.29, 1.82) is 0 Å². The number of hydrogen-bond donors (Lipinski definition) is 2. The summed E-state index contributed by atoms with van der Waals surface area (Å²) in [6, 6.07) is 0.524. The summed E-state index contributed by atoms with van der Waals surface area (Å²) in [5.74, 6) is 0.0806. The quantitative estimate of drug-likeness (QED) is 0.715. The van der Waals surface area contributed by atoms with Crippen LogP contribution in [0.1, 0.15) is 26.5 Å². The zero-order valence-electron chi connectivity index (χ0n) is 17.9. The SMILES string of the molecule is C[C@H]1[C@H](O)CN1c1nc(-c2cnn(CC(C)(C)C3CN(C(=O)O)C3)c2)cc(C(F)(F)F)n1. The van der Waals surface area contributed by atoms with E-state index >= 15 is 0 Å². The van der Waals surface area contributed by atoms with Crippen LogP contribution in [0.5, 0.6) is 0 Å². The maximum absolute atomic E-state index is 13.4. The van der Waals surface area contributed by atoms with Crippen LogP contribution in [0.2, 0.25) is 0 Å². The van der Waals surface area contributed by atoms with Crippen molar-refractivity contribution in [3.63, 3.8) is 0 Å². The predicted octanol–water partition coefficient (Wildman–Crippen LogP) is 2.56. The number of nitrogens with zero attached hydrogens (tertiary/aromatic N) is 6. The number of aromatic nitrogens is 4. The van der Waals surface area contributed by atoms with E-state index in [4.69, 9.17) is 5.11 Å². The van der Waals surface area contributed by atoms with Crippen molar-refractivity contribution in [2.75, 3.05) is 24.5 Å². The third-order valence-electron chi connectivity index (χ3n) is 6.45. The lowest BCUT2D eigenvalue weighted by Gasteiger charge is -2.46. The van der Waals surface area contributed by atoms with Crippen LogP contribution in [0.3, 0.4) is 0 Å². The summed E-state index contributed by atoms with van der Waals surface area (Å²) in [4.78, 5) is 21.9. The first-order chi connectivity index (χ1) is 14.8. The third-order valence-corrected chi connectivity index (χ3v) is 6.45. The number of likely N-dealkylation sites (tertiary alicyclic amines) is 1. The number of halogens is 3. The molecule has 0 aromatic carbocycles. The Morgan fingerprint density at radius 1 is 1.22 bits per heavy atom. The first-order valence-electron chi connectivity index (χ1n) is 10.3. The molecule has 0 unspecified atom stereocenters. The van der Waals surface area contributed by atoms with Gasteiger partial charge in [0.05, 0.1) is 24.0 Å². The number of β-amino-alcohol motifs (C(OH)–C–C–N with tert-alkyl or cyclic N) is 1. The predicted molar refractivity (Wildman–Crippen MR) is 108 cm³/mol. The number of carbonyl (C=O) groups is 1. The number of carboxylic acid groups (broad SMARTS) is 1. The van der Waals surface area contributed by atoms with Crippen molar-refractivity contribution in [3.05, 3.63) is 24.2 Å². The summed E-state index contributed by atoms with van der Waals surface area (Å²) in [7, 11) is 0. The zero-order chi connectivity index (χ0) is 23.4. The fourth-order valence-electron chi connectivity index (χ4n) is 3.97. The first-order valence-corrected chi connectivity index (χ1v) is 10.3. The molecule has 1 amide bonds. The molecule has 2 fully saturated rings. The molecule has 2 atom stereocenters. The number of hydrogen-bond acceptors (Lipinski definition) is 6. The number of anilines is 1. The Labute approximate surface area is 182 Å². The number of rotatable bonds is 5. The second-order valence-electron chi connectivity index (χ2n) is 9.20. The molecule has 0 saturated carbocycles. The van der Waals surface area contributed by atoms with E-state index in [9.17, 15) is 23.1 Å². The van der Waals surface area contributed by atoms with Crippen LogP contribution >= 0.6 is 0 Å². The van der Waals surface area contributed by atoms with Crippen LogP contribution in [0.15, 0.2) is 18.5 Å². The lowest BCUT2D eigenvalue weighted by Crippen LogP contribution is -2.59. The Morgan fingerprint density at radius 2 is 1.91 bits per heavy atom. The van der Waals surface area contributed by atoms with Gasteiger partial charge in [-0.05, 0) is 18.4 Å². The smallest absolute Gasteiger partial charge is 0.433 e. The highest BCUT2D eigenvalue weighted by Crippen LogP contribution is 2.37. The van der Waals surface area contributed by atoms with Crippen molar-refractivity contribution in [2.45, 2.75) is 45.6 Å². The molecule has 12 heteroatoms. The van der Waals surface area contributed by atoms with Gasteiger partial charge >= 0.3 is 12.3 Å². The summed E-state index contributed by atoms with van der Waals surface area (Å²) in [5, 5.41) is 23.0. The van der Waals surface area contributed by atoms with E-state index in [-0.39, 0.29) is 35.6 Å². The molecule has 32 heavy (non-hydrogen) atoms. The zero-order valence-corrected chi connectivity index (χ0v) is 17.9. The molecule has 0 aliphatic carbocycles. The fourth-order valence-corrected chi connectivity index (χ4v) is 3.97. The molecule has 0 bridgehead atoms. The Kier molecular flexibility index (Phi) is 5.30. The molecule has 2 saturated heterocycles. The van der Waals surface area contributed by atoms with Gasteiger partial charge in [-0.3, -0.25) is 4.68 Å². The van der Waals surface area contributed by atoms with Crippen LogP contribution in [-0.4, -0.2) is 72.7 Å². The normalized spacial score (nSPS) is 22.0. The summed E-state index contributed by atoms with van der Waals surface area (Å²) in [5.41, 5.74) is -0.792. The van der Waals surface area contributed by atoms with Gasteiger partial charge in [-0.1, -0.05) is 13.8 Å². The maximum Gasteiger partial charge on any atom is 0.433 e. The Bertz CT molecular complexity index is 1020. The second-order valence-corrected chi connectivity index (χ2v) is 9.20. The summed E-state index contributed by atoms with van der Waals surface area (Å²) < 4.78 is 42.0. The van der Waals surface area contributed by atoms with Gasteiger partial charge in [0, 0.05) is 43.9 Å². The van der Waals surface area contributed by atoms with Gasteiger partial charge in [0.15, 0.2) is 5.69 Å². The topological polar surface area (TPSA) is 108 Å². The third kappa shape index (κ3) is 4.10. The van der Waals surface area contributed by atoms with Crippen molar-refractivity contribution in [2.24, 2.45) is 11.3 Å². The Morgan fingerprint density at radius 3 is 2.47 bits per heavy atom. The van der Waals surface area contributed by atoms with E-state index in [1.807, 2.05) is 13.8 Å². The average Bonchev–Trinajstić information content (AvgIpc) is 3.10. The minimum absolute atomic E-state index is 0.0797. The molecule has 2 aromatic rings. The van der Waals surface area contributed by atoms with E-state index in [1.54, 1.807) is 17.8 Å². The van der Waals surface area contributed by atoms with E-state index in [1.165, 1.54) is 16.0 Å². The first kappa shape index (κ1) is 22.3. The molecule has 2 aromatic heterocycles. The van der Waals surface area contributed by atoms with Gasteiger partial charge < -0.3 is 20.0 Å². The van der Waals surface area contributed by atoms with Gasteiger partial charge in [0.25, 0.3) is 0 Å². The lowest BCUT2D eigenvalue weighted by molar-refractivity contribution is -0.141. The molecular formula is C20H25F3N6O3. The number of aliphatic hydroxyl groups excluding tert-OH is 1.